The third-order valence-corrected chi connectivity index (χ3v) is 3.39. The van der Waals surface area contributed by atoms with Crippen LogP contribution in [0.2, 0.25) is 0 Å². The van der Waals surface area contributed by atoms with Gasteiger partial charge in [0.1, 0.15) is 5.69 Å². The summed E-state index contributed by atoms with van der Waals surface area (Å²) in [5, 5.41) is 11.1. The van der Waals surface area contributed by atoms with Gasteiger partial charge in [-0.05, 0) is 25.2 Å². The molecule has 0 saturated heterocycles. The molecule has 0 radical (unpaired) electrons. The molecule has 1 amide bonds. The van der Waals surface area contributed by atoms with E-state index in [1.165, 1.54) is 0 Å². The highest BCUT2D eigenvalue weighted by Gasteiger charge is 2.07. The van der Waals surface area contributed by atoms with Gasteiger partial charge in [-0.2, -0.15) is 0 Å². The van der Waals surface area contributed by atoms with E-state index >= 15 is 0 Å². The predicted molar refractivity (Wildman–Crippen MR) is 83.2 cm³/mol. The van der Waals surface area contributed by atoms with Crippen molar-refractivity contribution in [3.63, 3.8) is 0 Å². The van der Waals surface area contributed by atoms with E-state index in [0.717, 1.165) is 25.3 Å². The number of amides is 1. The van der Waals surface area contributed by atoms with Gasteiger partial charge in [-0.25, -0.2) is 0 Å². The Kier molecular flexibility index (Phi) is 6.02. The van der Waals surface area contributed by atoms with Gasteiger partial charge in [0.15, 0.2) is 0 Å². The first kappa shape index (κ1) is 16.1. The van der Waals surface area contributed by atoms with Crippen LogP contribution in [0.1, 0.15) is 30.0 Å². The van der Waals surface area contributed by atoms with Gasteiger partial charge < -0.3 is 5.32 Å². The van der Waals surface area contributed by atoms with E-state index in [1.54, 1.807) is 29.1 Å². The van der Waals surface area contributed by atoms with Gasteiger partial charge >= 0.3 is 0 Å². The molecule has 2 rings (SSSR count). The third kappa shape index (κ3) is 4.63. The number of hydrogen-bond acceptors (Lipinski definition) is 5. The van der Waals surface area contributed by atoms with E-state index in [0.29, 0.717) is 18.8 Å². The zero-order valence-electron chi connectivity index (χ0n) is 13.1. The highest BCUT2D eigenvalue weighted by atomic mass is 16.1. The van der Waals surface area contributed by atoms with E-state index in [-0.39, 0.29) is 5.91 Å². The lowest BCUT2D eigenvalue weighted by Gasteiger charge is -2.15. The van der Waals surface area contributed by atoms with Crippen LogP contribution in [-0.2, 0) is 13.1 Å². The number of pyridine rings is 1. The summed E-state index contributed by atoms with van der Waals surface area (Å²) in [4.78, 5) is 18.1. The first-order chi connectivity index (χ1) is 10.7. The first-order valence-corrected chi connectivity index (χ1v) is 7.53. The van der Waals surface area contributed by atoms with E-state index in [1.807, 2.05) is 6.20 Å². The average Bonchev–Trinajstić information content (AvgIpc) is 3.00. The van der Waals surface area contributed by atoms with Gasteiger partial charge in [-0.3, -0.25) is 19.4 Å². The molecule has 2 aromatic heterocycles. The second kappa shape index (κ2) is 8.23. The number of nitrogens with zero attached hydrogens (tertiary/aromatic N) is 5. The summed E-state index contributed by atoms with van der Waals surface area (Å²) in [7, 11) is 0. The van der Waals surface area contributed by atoms with Crippen molar-refractivity contribution in [2.45, 2.75) is 26.9 Å². The minimum Gasteiger partial charge on any atom is -0.349 e. The molecule has 0 unspecified atom stereocenters. The molecule has 0 bridgehead atoms. The van der Waals surface area contributed by atoms with Crippen LogP contribution in [0.25, 0.3) is 0 Å². The number of carbonyl (C=O) groups excluding carboxylic acids is 1. The van der Waals surface area contributed by atoms with E-state index in [2.05, 4.69) is 39.4 Å². The van der Waals surface area contributed by atoms with Crippen LogP contribution in [0.4, 0.5) is 0 Å². The molecule has 2 aromatic rings. The van der Waals surface area contributed by atoms with Crippen molar-refractivity contribution in [3.8, 4) is 0 Å². The van der Waals surface area contributed by atoms with E-state index in [9.17, 15) is 4.79 Å². The summed E-state index contributed by atoms with van der Waals surface area (Å²) in [6.07, 6.45) is 3.52. The monoisotopic (exact) mass is 302 g/mol. The molecule has 22 heavy (non-hydrogen) atoms. The molecule has 118 valence electrons. The standard InChI is InChI=1S/C15H22N6O/c1-3-20(4-2)11-13-12-21(19-18-13)10-9-17-15(22)14-7-5-6-8-16-14/h5-8,12H,3-4,9-11H2,1-2H3,(H,17,22). The largest absolute Gasteiger partial charge is 0.349 e. The lowest BCUT2D eigenvalue weighted by Crippen LogP contribution is -2.28. The molecule has 7 heteroatoms. The molecule has 7 nitrogen and oxygen atoms in total. The van der Waals surface area contributed by atoms with Crippen molar-refractivity contribution < 1.29 is 4.79 Å². The summed E-state index contributed by atoms with van der Waals surface area (Å²) in [5.41, 5.74) is 1.36. The van der Waals surface area contributed by atoms with Crippen molar-refractivity contribution in [2.24, 2.45) is 0 Å². The van der Waals surface area contributed by atoms with Crippen LogP contribution in [-0.4, -0.2) is 50.4 Å². The topological polar surface area (TPSA) is 75.9 Å². The molecule has 0 saturated carbocycles. The van der Waals surface area contributed by atoms with Crippen LogP contribution in [0.3, 0.4) is 0 Å². The lowest BCUT2D eigenvalue weighted by molar-refractivity contribution is 0.0947. The summed E-state index contributed by atoms with van der Waals surface area (Å²) in [5.74, 6) is -0.177. The minimum atomic E-state index is -0.177. The Morgan fingerprint density at radius 3 is 2.82 bits per heavy atom. The second-order valence-electron chi connectivity index (χ2n) is 4.91. The first-order valence-electron chi connectivity index (χ1n) is 7.53. The Hall–Kier alpha value is -2.28. The van der Waals surface area contributed by atoms with Gasteiger partial charge in [0.2, 0.25) is 0 Å². The maximum absolute atomic E-state index is 11.8. The van der Waals surface area contributed by atoms with E-state index in [4.69, 9.17) is 0 Å². The number of nitrogens with one attached hydrogen (secondary N) is 1. The molecule has 0 aliphatic carbocycles. The Labute approximate surface area is 130 Å². The maximum Gasteiger partial charge on any atom is 0.269 e. The van der Waals surface area contributed by atoms with Gasteiger partial charge in [0.25, 0.3) is 5.91 Å². The Balaban J connectivity index is 1.78. The van der Waals surface area contributed by atoms with Crippen molar-refractivity contribution in [1.82, 2.24) is 30.2 Å². The smallest absolute Gasteiger partial charge is 0.269 e. The van der Waals surface area contributed by atoms with E-state index < -0.39 is 0 Å². The van der Waals surface area contributed by atoms with Gasteiger partial charge in [0.05, 0.1) is 12.2 Å². The van der Waals surface area contributed by atoms with Crippen molar-refractivity contribution in [1.29, 1.82) is 0 Å². The Bertz CT molecular complexity index is 579. The highest BCUT2D eigenvalue weighted by molar-refractivity contribution is 5.92. The third-order valence-electron chi connectivity index (χ3n) is 3.39. The molecule has 0 aliphatic heterocycles. The number of rotatable bonds is 8. The SMILES string of the molecule is CCN(CC)Cc1cn(CCNC(=O)c2ccccn2)nn1. The van der Waals surface area contributed by atoms with Crippen molar-refractivity contribution in [2.75, 3.05) is 19.6 Å². The molecule has 0 aliphatic rings. The molecule has 0 spiro atoms. The second-order valence-corrected chi connectivity index (χ2v) is 4.91. The van der Waals surface area contributed by atoms with Gasteiger partial charge in [-0.1, -0.05) is 25.1 Å². The maximum atomic E-state index is 11.8. The minimum absolute atomic E-state index is 0.177. The highest BCUT2D eigenvalue weighted by Crippen LogP contribution is 2.00. The van der Waals surface area contributed by atoms with Crippen LogP contribution >= 0.6 is 0 Å². The molecular formula is C15H22N6O. The van der Waals surface area contributed by atoms with Crippen LogP contribution in [0.5, 0.6) is 0 Å². The van der Waals surface area contributed by atoms with Gasteiger partial charge in [0, 0.05) is 25.5 Å². The van der Waals surface area contributed by atoms with Gasteiger partial charge in [-0.15, -0.1) is 5.10 Å². The summed E-state index contributed by atoms with van der Waals surface area (Å²) in [6, 6.07) is 5.26. The van der Waals surface area contributed by atoms with Crippen molar-refractivity contribution in [3.05, 3.63) is 42.0 Å². The van der Waals surface area contributed by atoms with Crippen LogP contribution in [0, 0.1) is 0 Å². The van der Waals surface area contributed by atoms with Crippen LogP contribution in [0.15, 0.2) is 30.6 Å². The summed E-state index contributed by atoms with van der Waals surface area (Å²) < 4.78 is 1.75. The quantitative estimate of drug-likeness (QED) is 0.785. The summed E-state index contributed by atoms with van der Waals surface area (Å²) >= 11 is 0. The zero-order chi connectivity index (χ0) is 15.8. The number of aromatic nitrogens is 4. The Morgan fingerprint density at radius 1 is 1.32 bits per heavy atom. The van der Waals surface area contributed by atoms with Crippen molar-refractivity contribution >= 4 is 5.91 Å². The molecule has 1 N–H and O–H groups in total. The lowest BCUT2D eigenvalue weighted by atomic mass is 10.3. The molecule has 0 aromatic carbocycles. The fraction of sp³-hybridized carbons (Fsp3) is 0.467. The fourth-order valence-electron chi connectivity index (χ4n) is 2.07. The normalized spacial score (nSPS) is 10.9. The van der Waals surface area contributed by atoms with Crippen LogP contribution < -0.4 is 5.32 Å². The number of hydrogen-bond donors (Lipinski definition) is 1. The summed E-state index contributed by atoms with van der Waals surface area (Å²) in [6.45, 7) is 8.11. The predicted octanol–water partition coefficient (Wildman–Crippen LogP) is 0.945. The average molecular weight is 302 g/mol. The zero-order valence-corrected chi connectivity index (χ0v) is 13.1. The Morgan fingerprint density at radius 2 is 2.14 bits per heavy atom. The number of carbonyl (C=O) groups is 1. The molecule has 2 heterocycles. The molecular weight excluding hydrogens is 280 g/mol. The molecule has 0 fully saturated rings. The fourth-order valence-corrected chi connectivity index (χ4v) is 2.07. The molecule has 0 atom stereocenters.